The molecule has 0 spiro atoms. The minimum Gasteiger partial charge on any atom is -0.325 e. The maximum atomic E-state index is 12.5. The first-order chi connectivity index (χ1) is 13.7. The van der Waals surface area contributed by atoms with E-state index in [-0.39, 0.29) is 11.5 Å². The lowest BCUT2D eigenvalue weighted by Crippen LogP contribution is -2.24. The van der Waals surface area contributed by atoms with Crippen LogP contribution in [0.5, 0.6) is 0 Å². The third kappa shape index (κ3) is 5.08. The van der Waals surface area contributed by atoms with Crippen LogP contribution in [0.3, 0.4) is 0 Å². The maximum absolute atomic E-state index is 12.5. The Hall–Kier alpha value is -2.57. The molecule has 3 rings (SSSR count). The number of thioether (sulfide) groups is 1. The molecule has 0 unspecified atom stereocenters. The van der Waals surface area contributed by atoms with E-state index in [1.54, 1.807) is 19.1 Å². The van der Waals surface area contributed by atoms with E-state index in [1.807, 2.05) is 51.1 Å². The van der Waals surface area contributed by atoms with Crippen LogP contribution in [0, 0.1) is 20.8 Å². The highest BCUT2D eigenvalue weighted by atomic mass is 35.5. The van der Waals surface area contributed by atoms with Crippen molar-refractivity contribution in [2.24, 2.45) is 0 Å². The topological polar surface area (TPSA) is 64.0 Å². The van der Waals surface area contributed by atoms with Crippen LogP contribution in [0.2, 0.25) is 5.02 Å². The van der Waals surface area contributed by atoms with Crippen molar-refractivity contribution >= 4 is 35.0 Å². The fourth-order valence-corrected chi connectivity index (χ4v) is 3.63. The van der Waals surface area contributed by atoms with Crippen LogP contribution in [0.15, 0.2) is 58.4 Å². The Morgan fingerprint density at radius 3 is 2.45 bits per heavy atom. The van der Waals surface area contributed by atoms with Gasteiger partial charge in [0.05, 0.1) is 10.9 Å². The van der Waals surface area contributed by atoms with Crippen LogP contribution in [-0.2, 0) is 4.79 Å². The molecule has 29 heavy (non-hydrogen) atoms. The molecule has 150 valence electrons. The van der Waals surface area contributed by atoms with Crippen molar-refractivity contribution in [2.45, 2.75) is 38.0 Å². The molecule has 1 amide bonds. The highest BCUT2D eigenvalue weighted by molar-refractivity contribution is 8.00. The van der Waals surface area contributed by atoms with Gasteiger partial charge in [0.25, 0.3) is 5.56 Å². The number of aryl methyl sites for hydroxylation is 3. The summed E-state index contributed by atoms with van der Waals surface area (Å²) in [5, 5.41) is 8.08. The maximum Gasteiger partial charge on any atom is 0.271 e. The Morgan fingerprint density at radius 1 is 1.03 bits per heavy atom. The summed E-state index contributed by atoms with van der Waals surface area (Å²) in [4.78, 5) is 24.8. The average Bonchev–Trinajstić information content (AvgIpc) is 2.68. The minimum atomic E-state index is -0.409. The van der Waals surface area contributed by atoms with Gasteiger partial charge >= 0.3 is 0 Å². The summed E-state index contributed by atoms with van der Waals surface area (Å²) in [6.45, 7) is 7.71. The molecule has 1 aromatic heterocycles. The van der Waals surface area contributed by atoms with Crippen molar-refractivity contribution < 1.29 is 4.79 Å². The van der Waals surface area contributed by atoms with Crippen LogP contribution >= 0.6 is 23.4 Å². The Kier molecular flexibility index (Phi) is 6.45. The van der Waals surface area contributed by atoms with Crippen LogP contribution in [0.4, 0.5) is 5.69 Å². The second kappa shape index (κ2) is 8.84. The van der Waals surface area contributed by atoms with Crippen molar-refractivity contribution in [2.75, 3.05) is 5.32 Å². The average molecular weight is 428 g/mol. The van der Waals surface area contributed by atoms with Crippen molar-refractivity contribution in [1.29, 1.82) is 0 Å². The van der Waals surface area contributed by atoms with E-state index in [2.05, 4.69) is 10.4 Å². The zero-order valence-electron chi connectivity index (χ0n) is 16.7. The number of hydrogen-bond acceptors (Lipinski definition) is 4. The quantitative estimate of drug-likeness (QED) is 0.586. The number of rotatable bonds is 5. The molecule has 1 heterocycles. The molecule has 7 heteroatoms. The van der Waals surface area contributed by atoms with E-state index in [1.165, 1.54) is 22.5 Å². The van der Waals surface area contributed by atoms with E-state index in [0.717, 1.165) is 16.7 Å². The Morgan fingerprint density at radius 2 is 1.76 bits per heavy atom. The van der Waals surface area contributed by atoms with Gasteiger partial charge in [0, 0.05) is 16.8 Å². The van der Waals surface area contributed by atoms with Gasteiger partial charge in [0.1, 0.15) is 5.03 Å². The van der Waals surface area contributed by atoms with Crippen LogP contribution in [-0.4, -0.2) is 20.9 Å². The van der Waals surface area contributed by atoms with Gasteiger partial charge in [-0.3, -0.25) is 9.59 Å². The lowest BCUT2D eigenvalue weighted by molar-refractivity contribution is -0.115. The number of carbonyl (C=O) groups excluding carboxylic acids is 1. The summed E-state index contributed by atoms with van der Waals surface area (Å²) in [6.07, 6.45) is 0. The summed E-state index contributed by atoms with van der Waals surface area (Å²) in [5.74, 6) is -0.166. The predicted octanol–water partition coefficient (Wildman–Crippen LogP) is 4.93. The Balaban J connectivity index is 1.77. The van der Waals surface area contributed by atoms with Crippen molar-refractivity contribution in [1.82, 2.24) is 9.78 Å². The van der Waals surface area contributed by atoms with Crippen LogP contribution in [0.25, 0.3) is 5.69 Å². The van der Waals surface area contributed by atoms with E-state index >= 15 is 0 Å². The number of aromatic nitrogens is 2. The van der Waals surface area contributed by atoms with Gasteiger partial charge in [-0.25, -0.2) is 0 Å². The summed E-state index contributed by atoms with van der Waals surface area (Å²) < 4.78 is 1.36. The third-order valence-corrected chi connectivity index (χ3v) is 6.05. The van der Waals surface area contributed by atoms with Gasteiger partial charge in [-0.2, -0.15) is 9.78 Å². The molecule has 0 aliphatic heterocycles. The molecular formula is C22H22ClN3O2S. The van der Waals surface area contributed by atoms with E-state index in [0.29, 0.717) is 21.4 Å². The molecule has 0 aliphatic carbocycles. The van der Waals surface area contributed by atoms with Gasteiger partial charge in [0.15, 0.2) is 0 Å². The monoisotopic (exact) mass is 427 g/mol. The summed E-state index contributed by atoms with van der Waals surface area (Å²) >= 11 is 7.41. The molecule has 0 aliphatic rings. The van der Waals surface area contributed by atoms with Gasteiger partial charge < -0.3 is 5.32 Å². The summed E-state index contributed by atoms with van der Waals surface area (Å²) in [7, 11) is 0. The highest BCUT2D eigenvalue weighted by Gasteiger charge is 2.17. The smallest absolute Gasteiger partial charge is 0.271 e. The lowest BCUT2D eigenvalue weighted by atomic mass is 10.1. The molecule has 0 fully saturated rings. The first kappa shape index (κ1) is 21.1. The molecule has 2 aromatic carbocycles. The van der Waals surface area contributed by atoms with Crippen molar-refractivity contribution in [3.05, 3.63) is 80.6 Å². The number of nitrogens with one attached hydrogen (secondary N) is 1. The molecule has 3 aromatic rings. The molecular weight excluding hydrogens is 406 g/mol. The lowest BCUT2D eigenvalue weighted by Gasteiger charge is -2.13. The van der Waals surface area contributed by atoms with Crippen molar-refractivity contribution in [3.8, 4) is 5.69 Å². The molecule has 5 nitrogen and oxygen atoms in total. The Bertz CT molecular complexity index is 1130. The molecule has 0 bridgehead atoms. The van der Waals surface area contributed by atoms with Crippen LogP contribution < -0.4 is 10.9 Å². The number of hydrogen-bond donors (Lipinski definition) is 1. The van der Waals surface area contributed by atoms with E-state index < -0.39 is 5.25 Å². The second-order valence-corrected chi connectivity index (χ2v) is 8.67. The van der Waals surface area contributed by atoms with Crippen molar-refractivity contribution in [3.63, 3.8) is 0 Å². The fourth-order valence-electron chi connectivity index (χ4n) is 2.65. The highest BCUT2D eigenvalue weighted by Crippen LogP contribution is 2.24. The van der Waals surface area contributed by atoms with Crippen LogP contribution in [0.1, 0.15) is 23.6 Å². The number of anilines is 1. The van der Waals surface area contributed by atoms with Gasteiger partial charge in [0.2, 0.25) is 5.91 Å². The van der Waals surface area contributed by atoms with Gasteiger partial charge in [-0.05, 0) is 74.7 Å². The Labute approximate surface area is 179 Å². The SMILES string of the molecule is Cc1ccc(-n2nc(S[C@H](C)C(=O)Nc3ccc(C)c(Cl)c3)ccc2=O)cc1C. The number of halogens is 1. The summed E-state index contributed by atoms with van der Waals surface area (Å²) in [5.41, 5.74) is 4.31. The zero-order valence-corrected chi connectivity index (χ0v) is 18.3. The third-order valence-electron chi connectivity index (χ3n) is 4.62. The number of amides is 1. The summed E-state index contributed by atoms with van der Waals surface area (Å²) in [6, 6.07) is 14.3. The van der Waals surface area contributed by atoms with E-state index in [4.69, 9.17) is 11.6 Å². The normalized spacial score (nSPS) is 11.9. The number of benzene rings is 2. The first-order valence-electron chi connectivity index (χ1n) is 9.16. The molecule has 1 atom stereocenters. The standard InChI is InChI=1S/C22H22ClN3O2S/c1-13-6-8-18(11-15(13)3)26-21(27)10-9-20(25-26)29-16(4)22(28)24-17-7-5-14(2)19(23)12-17/h5-12,16H,1-4H3,(H,24,28)/t16-/m1/s1. The molecule has 0 radical (unpaired) electrons. The van der Waals surface area contributed by atoms with Gasteiger partial charge in [-0.1, -0.05) is 35.5 Å². The molecule has 0 saturated heterocycles. The largest absolute Gasteiger partial charge is 0.325 e. The fraction of sp³-hybridized carbons (Fsp3) is 0.227. The van der Waals surface area contributed by atoms with Gasteiger partial charge in [-0.15, -0.1) is 0 Å². The first-order valence-corrected chi connectivity index (χ1v) is 10.4. The number of carbonyl (C=O) groups is 1. The van der Waals surface area contributed by atoms with E-state index in [9.17, 15) is 9.59 Å². The second-order valence-electron chi connectivity index (χ2n) is 6.90. The number of nitrogens with zero attached hydrogens (tertiary/aromatic N) is 2. The zero-order chi connectivity index (χ0) is 21.1. The molecule has 0 saturated carbocycles. The minimum absolute atomic E-state index is 0.166. The predicted molar refractivity (Wildman–Crippen MR) is 119 cm³/mol. The molecule has 1 N–H and O–H groups in total.